The average Bonchev–Trinajstić information content (AvgIpc) is 3.68. The fourth-order valence-corrected chi connectivity index (χ4v) is 5.49. The molecular formula is C26H25F7N2O3. The Morgan fingerprint density at radius 2 is 1.71 bits per heavy atom. The third-order valence-corrected chi connectivity index (χ3v) is 7.37. The summed E-state index contributed by atoms with van der Waals surface area (Å²) in [6, 6.07) is 6.25. The van der Waals surface area contributed by atoms with Gasteiger partial charge >= 0.3 is 12.4 Å². The molecule has 1 saturated heterocycles. The van der Waals surface area contributed by atoms with Crippen molar-refractivity contribution in [3.63, 3.8) is 0 Å². The quantitative estimate of drug-likeness (QED) is 0.471. The molecule has 1 saturated carbocycles. The van der Waals surface area contributed by atoms with Crippen LogP contribution < -0.4 is 5.73 Å². The molecule has 38 heavy (non-hydrogen) atoms. The Morgan fingerprint density at radius 3 is 2.26 bits per heavy atom. The lowest BCUT2D eigenvalue weighted by Gasteiger charge is -2.50. The first-order valence-corrected chi connectivity index (χ1v) is 12.0. The van der Waals surface area contributed by atoms with Crippen LogP contribution in [0.4, 0.5) is 30.7 Å². The second-order valence-corrected chi connectivity index (χ2v) is 9.82. The van der Waals surface area contributed by atoms with Crippen LogP contribution in [0.5, 0.6) is 0 Å². The van der Waals surface area contributed by atoms with E-state index in [1.165, 1.54) is 6.07 Å². The molecule has 5 nitrogen and oxygen atoms in total. The SMILES string of the molecule is NC(=O)C1([C@@H](c2ccc(C(F)(F)F)cc2F)C2CC2)CCCCN1C(=O)c1cccc([C@@H](O)C(F)(F)F)c1. The number of aliphatic hydroxyl groups excluding tert-OH is 1. The smallest absolute Gasteiger partial charge is 0.379 e. The molecule has 1 aliphatic carbocycles. The molecule has 0 aromatic heterocycles. The molecule has 1 unspecified atom stereocenters. The second-order valence-electron chi connectivity index (χ2n) is 9.82. The largest absolute Gasteiger partial charge is 0.418 e. The number of alkyl halides is 6. The number of hydrogen-bond acceptors (Lipinski definition) is 3. The predicted molar refractivity (Wildman–Crippen MR) is 121 cm³/mol. The number of primary amides is 1. The lowest BCUT2D eigenvalue weighted by Crippen LogP contribution is -2.65. The molecule has 2 aliphatic rings. The van der Waals surface area contributed by atoms with E-state index in [4.69, 9.17) is 5.73 Å². The van der Waals surface area contributed by atoms with Crippen LogP contribution in [0.3, 0.4) is 0 Å². The number of rotatable bonds is 6. The zero-order chi connectivity index (χ0) is 28.0. The Kier molecular flexibility index (Phi) is 7.24. The predicted octanol–water partition coefficient (Wildman–Crippen LogP) is 5.48. The zero-order valence-electron chi connectivity index (χ0n) is 20.0. The number of aliphatic hydroxyl groups is 1. The van der Waals surface area contributed by atoms with E-state index < -0.39 is 58.7 Å². The third kappa shape index (κ3) is 5.10. The molecule has 0 spiro atoms. The van der Waals surface area contributed by atoms with Crippen LogP contribution in [-0.2, 0) is 11.0 Å². The minimum atomic E-state index is -4.99. The van der Waals surface area contributed by atoms with Gasteiger partial charge in [-0.15, -0.1) is 0 Å². The van der Waals surface area contributed by atoms with Gasteiger partial charge in [-0.3, -0.25) is 9.59 Å². The number of piperidine rings is 1. The van der Waals surface area contributed by atoms with Crippen LogP contribution in [0.15, 0.2) is 42.5 Å². The minimum absolute atomic E-state index is 0.000565. The normalized spacial score (nSPS) is 22.2. The van der Waals surface area contributed by atoms with Gasteiger partial charge in [0.05, 0.1) is 5.56 Å². The first-order chi connectivity index (χ1) is 17.7. The Morgan fingerprint density at radius 1 is 1.03 bits per heavy atom. The van der Waals surface area contributed by atoms with Crippen molar-refractivity contribution in [3.05, 3.63) is 70.5 Å². The van der Waals surface area contributed by atoms with Crippen molar-refractivity contribution < 1.29 is 45.4 Å². The first-order valence-electron chi connectivity index (χ1n) is 12.0. The summed E-state index contributed by atoms with van der Waals surface area (Å²) in [5.41, 5.74) is 1.82. The number of nitrogens with zero attached hydrogens (tertiary/aromatic N) is 1. The van der Waals surface area contributed by atoms with E-state index in [0.717, 1.165) is 29.2 Å². The summed E-state index contributed by atoms with van der Waals surface area (Å²) < 4.78 is 93.9. The van der Waals surface area contributed by atoms with Gasteiger partial charge in [-0.25, -0.2) is 4.39 Å². The van der Waals surface area contributed by atoms with E-state index in [2.05, 4.69) is 0 Å². The summed E-state index contributed by atoms with van der Waals surface area (Å²) in [4.78, 5) is 28.0. The Balaban J connectivity index is 1.81. The standard InChI is InChI=1S/C26H25F7N2O3/c27-19-13-17(25(28,29)30)8-9-18(19)20(14-6-7-14)24(23(34)38)10-1-2-11-35(24)22(37)16-5-3-4-15(12-16)21(36)26(31,32)33/h3-5,8-9,12-14,20-21,36H,1-2,6-7,10-11H2,(H2,34,38)/t20-,21-,24?/m1/s1. The van der Waals surface area contributed by atoms with Gasteiger partial charge in [-0.2, -0.15) is 26.3 Å². The van der Waals surface area contributed by atoms with Crippen LogP contribution in [0.2, 0.25) is 0 Å². The maximum absolute atomic E-state index is 15.2. The van der Waals surface area contributed by atoms with E-state index >= 15 is 4.39 Å². The average molecular weight is 546 g/mol. The van der Waals surface area contributed by atoms with Crippen LogP contribution in [-0.4, -0.2) is 40.1 Å². The molecule has 2 amide bonds. The number of carbonyl (C=O) groups is 2. The number of nitrogens with two attached hydrogens (primary N) is 1. The molecule has 2 aromatic carbocycles. The van der Waals surface area contributed by atoms with Crippen LogP contribution >= 0.6 is 0 Å². The highest BCUT2D eigenvalue weighted by atomic mass is 19.4. The van der Waals surface area contributed by atoms with Crippen molar-refractivity contribution in [1.29, 1.82) is 0 Å². The Bertz CT molecular complexity index is 1230. The summed E-state index contributed by atoms with van der Waals surface area (Å²) in [6.07, 6.45) is -10.8. The number of halogens is 7. The molecule has 1 aliphatic heterocycles. The molecule has 3 atom stereocenters. The van der Waals surface area contributed by atoms with Crippen molar-refractivity contribution in [2.45, 2.75) is 62.0 Å². The number of likely N-dealkylation sites (tertiary alicyclic amines) is 1. The van der Waals surface area contributed by atoms with Gasteiger partial charge in [0, 0.05) is 18.0 Å². The highest BCUT2D eigenvalue weighted by Crippen LogP contribution is 2.54. The van der Waals surface area contributed by atoms with E-state index in [1.807, 2.05) is 0 Å². The van der Waals surface area contributed by atoms with Crippen molar-refractivity contribution >= 4 is 11.8 Å². The fourth-order valence-electron chi connectivity index (χ4n) is 5.49. The Hall–Kier alpha value is -3.15. The van der Waals surface area contributed by atoms with Gasteiger partial charge in [0.15, 0.2) is 6.10 Å². The van der Waals surface area contributed by atoms with E-state index in [-0.39, 0.29) is 30.0 Å². The van der Waals surface area contributed by atoms with Crippen molar-refractivity contribution in [2.75, 3.05) is 6.54 Å². The molecule has 12 heteroatoms. The third-order valence-electron chi connectivity index (χ3n) is 7.37. The number of hydrogen-bond donors (Lipinski definition) is 2. The second kappa shape index (κ2) is 9.87. The van der Waals surface area contributed by atoms with Gasteiger partial charge in [-0.05, 0) is 73.4 Å². The highest BCUT2D eigenvalue weighted by molar-refractivity contribution is 6.00. The van der Waals surface area contributed by atoms with Crippen LogP contribution in [0, 0.1) is 11.7 Å². The van der Waals surface area contributed by atoms with Gasteiger partial charge in [0.1, 0.15) is 11.4 Å². The summed E-state index contributed by atoms with van der Waals surface area (Å²) in [7, 11) is 0. The van der Waals surface area contributed by atoms with Gasteiger partial charge in [0.2, 0.25) is 5.91 Å². The number of amides is 2. The fraction of sp³-hybridized carbons (Fsp3) is 0.462. The van der Waals surface area contributed by atoms with Crippen molar-refractivity contribution in [2.24, 2.45) is 11.7 Å². The maximum atomic E-state index is 15.2. The van der Waals surface area contributed by atoms with Gasteiger partial charge < -0.3 is 15.7 Å². The summed E-state index contributed by atoms with van der Waals surface area (Å²) in [5.74, 6) is -4.42. The van der Waals surface area contributed by atoms with Crippen LogP contribution in [0.1, 0.15) is 71.2 Å². The monoisotopic (exact) mass is 546 g/mol. The maximum Gasteiger partial charge on any atom is 0.418 e. The lowest BCUT2D eigenvalue weighted by molar-refractivity contribution is -0.206. The molecule has 2 fully saturated rings. The molecule has 4 rings (SSSR count). The molecule has 2 aromatic rings. The molecule has 0 bridgehead atoms. The van der Waals surface area contributed by atoms with Gasteiger partial charge in [-0.1, -0.05) is 18.2 Å². The van der Waals surface area contributed by atoms with E-state index in [1.54, 1.807) is 0 Å². The molecule has 206 valence electrons. The number of carbonyl (C=O) groups excluding carboxylic acids is 2. The summed E-state index contributed by atoms with van der Waals surface area (Å²) in [5, 5.41) is 9.65. The molecule has 0 radical (unpaired) electrons. The summed E-state index contributed by atoms with van der Waals surface area (Å²) >= 11 is 0. The molecule has 1 heterocycles. The first kappa shape index (κ1) is 27.9. The lowest BCUT2D eigenvalue weighted by atomic mass is 9.69. The minimum Gasteiger partial charge on any atom is -0.379 e. The molecule has 3 N–H and O–H groups in total. The van der Waals surface area contributed by atoms with Crippen molar-refractivity contribution in [1.82, 2.24) is 4.90 Å². The van der Waals surface area contributed by atoms with E-state index in [0.29, 0.717) is 37.8 Å². The van der Waals surface area contributed by atoms with E-state index in [9.17, 15) is 41.0 Å². The van der Waals surface area contributed by atoms with Gasteiger partial charge in [0.25, 0.3) is 5.91 Å². The molecular weight excluding hydrogens is 521 g/mol. The topological polar surface area (TPSA) is 83.6 Å². The van der Waals surface area contributed by atoms with Crippen LogP contribution in [0.25, 0.3) is 0 Å². The highest BCUT2D eigenvalue weighted by Gasteiger charge is 2.57. The number of benzene rings is 2. The van der Waals surface area contributed by atoms with Crippen molar-refractivity contribution in [3.8, 4) is 0 Å². The summed E-state index contributed by atoms with van der Waals surface area (Å²) in [6.45, 7) is -0.0285. The Labute approximate surface area is 213 Å². The zero-order valence-corrected chi connectivity index (χ0v) is 20.0.